The van der Waals surface area contributed by atoms with Crippen molar-refractivity contribution < 1.29 is 23.9 Å². The van der Waals surface area contributed by atoms with Crippen LogP contribution in [0.5, 0.6) is 0 Å². The van der Waals surface area contributed by atoms with Crippen LogP contribution in [0.1, 0.15) is 27.7 Å². The fraction of sp³-hybridized carbons (Fsp3) is 0.444. The van der Waals surface area contributed by atoms with Crippen LogP contribution in [-0.2, 0) is 19.1 Å². The predicted molar refractivity (Wildman–Crippen MR) is 101 cm³/mol. The molecule has 0 aliphatic rings. The number of aromatic nitrogens is 2. The lowest BCUT2D eigenvalue weighted by Gasteiger charge is -2.18. The highest BCUT2D eigenvalue weighted by Gasteiger charge is 2.24. The summed E-state index contributed by atoms with van der Waals surface area (Å²) in [5, 5.41) is -0.136. The molecule has 146 valence electrons. The van der Waals surface area contributed by atoms with Gasteiger partial charge in [0.1, 0.15) is 5.25 Å². The van der Waals surface area contributed by atoms with Gasteiger partial charge in [0, 0.05) is 0 Å². The topological polar surface area (TPSA) is 96.7 Å². The molecule has 0 aliphatic heterocycles. The van der Waals surface area contributed by atoms with E-state index in [4.69, 9.17) is 14.3 Å². The maximum atomic E-state index is 12.9. The second kappa shape index (κ2) is 9.40. The summed E-state index contributed by atoms with van der Waals surface area (Å²) in [6.07, 6.45) is -1.03. The van der Waals surface area contributed by atoms with Crippen LogP contribution in [0.15, 0.2) is 34.2 Å². The van der Waals surface area contributed by atoms with E-state index in [1.165, 1.54) is 6.92 Å². The van der Waals surface area contributed by atoms with Crippen LogP contribution in [0, 0.1) is 0 Å². The lowest BCUT2D eigenvalue weighted by molar-refractivity contribution is -0.156. The minimum atomic E-state index is -1.03. The highest BCUT2D eigenvalue weighted by Crippen LogP contribution is 2.23. The lowest BCUT2D eigenvalue weighted by Crippen LogP contribution is -2.39. The number of fused-ring (bicyclic) bond motifs is 1. The first-order chi connectivity index (χ1) is 12.9. The second-order valence-corrected chi connectivity index (χ2v) is 6.83. The molecule has 1 aromatic heterocycles. The van der Waals surface area contributed by atoms with Gasteiger partial charge in [-0.15, -0.1) is 4.73 Å². The molecule has 0 N–H and O–H groups in total. The van der Waals surface area contributed by atoms with Crippen molar-refractivity contribution in [3.8, 4) is 0 Å². The fourth-order valence-electron chi connectivity index (χ4n) is 2.19. The predicted octanol–water partition coefficient (Wildman–Crippen LogP) is 1.82. The number of benzene rings is 1. The van der Waals surface area contributed by atoms with Gasteiger partial charge in [0.05, 0.1) is 24.1 Å². The van der Waals surface area contributed by atoms with Gasteiger partial charge in [-0.1, -0.05) is 23.9 Å². The van der Waals surface area contributed by atoms with Gasteiger partial charge in [0.25, 0.3) is 5.56 Å². The van der Waals surface area contributed by atoms with Gasteiger partial charge in [0.15, 0.2) is 0 Å². The first-order valence-electron chi connectivity index (χ1n) is 8.57. The molecule has 2 atom stereocenters. The van der Waals surface area contributed by atoms with E-state index in [1.807, 2.05) is 0 Å². The second-order valence-electron chi connectivity index (χ2n) is 5.52. The highest BCUT2D eigenvalue weighted by molar-refractivity contribution is 8.00. The number of ether oxygens (including phenoxy) is 2. The smallest absolute Gasteiger partial charge is 0.349 e. The first kappa shape index (κ1) is 20.8. The van der Waals surface area contributed by atoms with Crippen molar-refractivity contribution in [2.45, 2.75) is 44.2 Å². The lowest BCUT2D eigenvalue weighted by atomic mass is 10.2. The molecule has 0 spiro atoms. The molecule has 0 aliphatic carbocycles. The van der Waals surface area contributed by atoms with Crippen molar-refractivity contribution in [3.05, 3.63) is 34.6 Å². The van der Waals surface area contributed by atoms with Gasteiger partial charge in [-0.05, 0) is 39.8 Å². The average molecular weight is 394 g/mol. The summed E-state index contributed by atoms with van der Waals surface area (Å²) in [6.45, 7) is 6.95. The summed E-state index contributed by atoms with van der Waals surface area (Å²) >= 11 is 1.01. The van der Waals surface area contributed by atoms with Gasteiger partial charge in [-0.25, -0.2) is 9.78 Å². The number of thioether (sulfide) groups is 1. The van der Waals surface area contributed by atoms with E-state index in [1.54, 1.807) is 45.0 Å². The largest absolute Gasteiger partial charge is 0.465 e. The van der Waals surface area contributed by atoms with Crippen molar-refractivity contribution in [3.63, 3.8) is 0 Å². The quantitative estimate of drug-likeness (QED) is 0.380. The Morgan fingerprint density at radius 2 is 1.74 bits per heavy atom. The van der Waals surface area contributed by atoms with E-state index < -0.39 is 28.9 Å². The third-order valence-corrected chi connectivity index (χ3v) is 4.51. The Labute approximate surface area is 160 Å². The molecular weight excluding hydrogens is 372 g/mol. The molecular formula is C18H22N2O6S. The van der Waals surface area contributed by atoms with Gasteiger partial charge in [0.2, 0.25) is 11.3 Å². The van der Waals surface area contributed by atoms with Crippen LogP contribution in [0.4, 0.5) is 0 Å². The van der Waals surface area contributed by atoms with Gasteiger partial charge in [-0.2, -0.15) is 0 Å². The number of carbonyl (C=O) groups excluding carboxylic acids is 2. The Morgan fingerprint density at radius 3 is 2.41 bits per heavy atom. The summed E-state index contributed by atoms with van der Waals surface area (Å²) in [5.41, 5.74) is -0.0139. The molecule has 9 heteroatoms. The van der Waals surface area contributed by atoms with E-state index in [2.05, 4.69) is 4.98 Å². The number of para-hydroxylation sites is 1. The Morgan fingerprint density at radius 1 is 1.11 bits per heavy atom. The molecule has 0 saturated carbocycles. The zero-order chi connectivity index (χ0) is 20.0. The molecule has 0 radical (unpaired) electrons. The summed E-state index contributed by atoms with van der Waals surface area (Å²) in [7, 11) is 0. The van der Waals surface area contributed by atoms with Crippen LogP contribution in [0.25, 0.3) is 10.9 Å². The minimum Gasteiger partial charge on any atom is -0.465 e. The van der Waals surface area contributed by atoms with Crippen LogP contribution in [0.2, 0.25) is 0 Å². The summed E-state index contributed by atoms with van der Waals surface area (Å²) < 4.78 is 10.8. The van der Waals surface area contributed by atoms with Crippen molar-refractivity contribution in [1.29, 1.82) is 0 Å². The van der Waals surface area contributed by atoms with E-state index >= 15 is 0 Å². The number of hydrogen-bond acceptors (Lipinski definition) is 8. The van der Waals surface area contributed by atoms with E-state index in [0.29, 0.717) is 10.9 Å². The molecule has 0 fully saturated rings. The molecule has 1 aromatic carbocycles. The van der Waals surface area contributed by atoms with Crippen molar-refractivity contribution in [1.82, 2.24) is 9.71 Å². The third kappa shape index (κ3) is 5.00. The molecule has 0 unspecified atom stereocenters. The normalized spacial score (nSPS) is 13.0. The van der Waals surface area contributed by atoms with Crippen LogP contribution in [0.3, 0.4) is 0 Å². The molecule has 0 saturated heterocycles. The zero-order valence-electron chi connectivity index (χ0n) is 15.6. The Kier molecular flexibility index (Phi) is 7.23. The molecule has 2 aromatic rings. The van der Waals surface area contributed by atoms with Crippen molar-refractivity contribution in [2.24, 2.45) is 0 Å². The first-order valence-corrected chi connectivity index (χ1v) is 9.45. The average Bonchev–Trinajstić information content (AvgIpc) is 2.65. The maximum Gasteiger partial charge on any atom is 0.349 e. The molecule has 1 heterocycles. The summed E-state index contributed by atoms with van der Waals surface area (Å²) in [6, 6.07) is 6.76. The Hall–Kier alpha value is -2.55. The molecule has 2 rings (SSSR count). The number of hydrogen-bond donors (Lipinski definition) is 0. The Balaban J connectivity index is 2.45. The standard InChI is InChI=1S/C18H22N2O6S/c1-5-24-16(22)11(3)26-20-15(21)13-9-7-8-10-14(13)19-18(20)27-12(4)17(23)25-6-2/h7-12H,5-6H2,1-4H3/t11-,12-/m0/s1. The molecule has 8 nitrogen and oxygen atoms in total. The minimum absolute atomic E-state index is 0.149. The highest BCUT2D eigenvalue weighted by atomic mass is 32.2. The zero-order valence-corrected chi connectivity index (χ0v) is 16.4. The summed E-state index contributed by atoms with van der Waals surface area (Å²) in [5.74, 6) is -1.04. The molecule has 0 amide bonds. The van der Waals surface area contributed by atoms with Crippen LogP contribution in [-0.4, -0.2) is 46.2 Å². The van der Waals surface area contributed by atoms with Crippen molar-refractivity contribution in [2.75, 3.05) is 13.2 Å². The van der Waals surface area contributed by atoms with Crippen LogP contribution >= 0.6 is 11.8 Å². The van der Waals surface area contributed by atoms with Crippen molar-refractivity contribution >= 4 is 34.6 Å². The summed E-state index contributed by atoms with van der Waals surface area (Å²) in [4.78, 5) is 46.6. The maximum absolute atomic E-state index is 12.9. The number of esters is 2. The van der Waals surface area contributed by atoms with Gasteiger partial charge >= 0.3 is 11.9 Å². The van der Waals surface area contributed by atoms with E-state index in [0.717, 1.165) is 16.5 Å². The number of nitrogens with zero attached hydrogens (tertiary/aromatic N) is 2. The Bertz CT molecular complexity index is 882. The number of carbonyl (C=O) groups is 2. The number of rotatable bonds is 8. The monoisotopic (exact) mass is 394 g/mol. The van der Waals surface area contributed by atoms with Gasteiger partial charge in [-0.3, -0.25) is 9.59 Å². The molecule has 0 bridgehead atoms. The van der Waals surface area contributed by atoms with Crippen LogP contribution < -0.4 is 10.4 Å². The van der Waals surface area contributed by atoms with E-state index in [-0.39, 0.29) is 18.4 Å². The third-order valence-electron chi connectivity index (χ3n) is 3.49. The fourth-order valence-corrected chi connectivity index (χ4v) is 3.04. The molecule has 27 heavy (non-hydrogen) atoms. The SMILES string of the molecule is CCOC(=O)[C@H](C)On1c(S[C@@H](C)C(=O)OCC)nc2ccccc2c1=O. The van der Waals surface area contributed by atoms with E-state index in [9.17, 15) is 14.4 Å². The van der Waals surface area contributed by atoms with Gasteiger partial charge < -0.3 is 14.3 Å².